The average Bonchev–Trinajstić information content (AvgIpc) is 2.27. The Labute approximate surface area is 87.4 Å². The molecule has 1 aromatic carbocycles. The average molecular weight is 208 g/mol. The lowest BCUT2D eigenvalue weighted by atomic mass is 10.2. The fourth-order valence-corrected chi connectivity index (χ4v) is 1.71. The Kier molecular flexibility index (Phi) is 2.45. The summed E-state index contributed by atoms with van der Waals surface area (Å²) in [6.07, 6.45) is 0. The molecule has 0 saturated heterocycles. The molecule has 0 spiro atoms. The summed E-state index contributed by atoms with van der Waals surface area (Å²) in [4.78, 5) is 12.3. The predicted molar refractivity (Wildman–Crippen MR) is 56.5 cm³/mol. The van der Waals surface area contributed by atoms with Crippen LogP contribution in [0.5, 0.6) is 5.75 Å². The molecular formula is C10H12N2O3. The minimum atomic E-state index is -0.408. The van der Waals surface area contributed by atoms with Crippen molar-refractivity contribution in [2.45, 2.75) is 6.92 Å². The number of hydrogen-bond donors (Lipinski definition) is 0. The zero-order chi connectivity index (χ0) is 10.8. The van der Waals surface area contributed by atoms with Crippen molar-refractivity contribution in [3.05, 3.63) is 28.3 Å². The summed E-state index contributed by atoms with van der Waals surface area (Å²) < 4.78 is 5.40. The molecule has 0 radical (unpaired) electrons. The fourth-order valence-electron chi connectivity index (χ4n) is 1.71. The van der Waals surface area contributed by atoms with E-state index in [2.05, 4.69) is 11.8 Å². The van der Waals surface area contributed by atoms with Crippen LogP contribution in [0, 0.1) is 10.1 Å². The van der Waals surface area contributed by atoms with E-state index in [0.717, 1.165) is 18.8 Å². The van der Waals surface area contributed by atoms with Crippen molar-refractivity contribution < 1.29 is 9.66 Å². The molecule has 0 atom stereocenters. The van der Waals surface area contributed by atoms with E-state index < -0.39 is 4.92 Å². The van der Waals surface area contributed by atoms with E-state index in [1.807, 2.05) is 0 Å². The smallest absolute Gasteiger partial charge is 0.273 e. The van der Waals surface area contributed by atoms with Gasteiger partial charge in [0.05, 0.1) is 23.2 Å². The van der Waals surface area contributed by atoms with Crippen molar-refractivity contribution in [1.82, 2.24) is 0 Å². The topological polar surface area (TPSA) is 55.6 Å². The molecule has 1 aliphatic rings. The number of non-ortho nitro benzene ring substituents is 1. The summed E-state index contributed by atoms with van der Waals surface area (Å²) in [6, 6.07) is 4.74. The van der Waals surface area contributed by atoms with Gasteiger partial charge in [-0.2, -0.15) is 0 Å². The first-order chi connectivity index (χ1) is 7.22. The van der Waals surface area contributed by atoms with Gasteiger partial charge in [-0.3, -0.25) is 10.1 Å². The Morgan fingerprint density at radius 1 is 1.60 bits per heavy atom. The number of nitro groups is 1. The maximum atomic E-state index is 10.6. The highest BCUT2D eigenvalue weighted by atomic mass is 16.6. The Balaban J connectivity index is 2.40. The number of rotatable bonds is 2. The lowest BCUT2D eigenvalue weighted by molar-refractivity contribution is -0.384. The van der Waals surface area contributed by atoms with Crippen LogP contribution in [0.3, 0.4) is 0 Å². The molecule has 5 nitrogen and oxygen atoms in total. The number of nitrogens with zero attached hydrogens (tertiary/aromatic N) is 2. The quantitative estimate of drug-likeness (QED) is 0.549. The van der Waals surface area contributed by atoms with Gasteiger partial charge in [0, 0.05) is 12.6 Å². The van der Waals surface area contributed by atoms with Crippen LogP contribution < -0.4 is 9.64 Å². The van der Waals surface area contributed by atoms with Gasteiger partial charge in [-0.15, -0.1) is 0 Å². The van der Waals surface area contributed by atoms with Crippen LogP contribution in [0.1, 0.15) is 6.92 Å². The lowest BCUT2D eigenvalue weighted by Gasteiger charge is -2.29. The third-order valence-electron chi connectivity index (χ3n) is 2.50. The van der Waals surface area contributed by atoms with Gasteiger partial charge in [0.1, 0.15) is 12.4 Å². The van der Waals surface area contributed by atoms with Crippen molar-refractivity contribution >= 4 is 11.4 Å². The van der Waals surface area contributed by atoms with Crippen LogP contribution in [0.4, 0.5) is 11.4 Å². The van der Waals surface area contributed by atoms with E-state index in [4.69, 9.17) is 4.74 Å². The predicted octanol–water partition coefficient (Wildman–Crippen LogP) is 1.81. The minimum absolute atomic E-state index is 0.0757. The molecule has 1 aliphatic heterocycles. The van der Waals surface area contributed by atoms with E-state index in [-0.39, 0.29) is 5.69 Å². The molecule has 0 aliphatic carbocycles. The Hall–Kier alpha value is -1.78. The Morgan fingerprint density at radius 3 is 3.07 bits per heavy atom. The van der Waals surface area contributed by atoms with Gasteiger partial charge in [0.25, 0.3) is 5.69 Å². The molecule has 80 valence electrons. The summed E-state index contributed by atoms with van der Waals surface area (Å²) in [5, 5.41) is 10.6. The first-order valence-corrected chi connectivity index (χ1v) is 4.88. The number of nitro benzene ring substituents is 1. The normalized spacial score (nSPS) is 14.3. The van der Waals surface area contributed by atoms with Crippen LogP contribution in [-0.4, -0.2) is 24.6 Å². The molecule has 5 heteroatoms. The zero-order valence-corrected chi connectivity index (χ0v) is 8.47. The molecule has 0 fully saturated rings. The number of benzene rings is 1. The summed E-state index contributed by atoms with van der Waals surface area (Å²) in [5.41, 5.74) is 1.01. The lowest BCUT2D eigenvalue weighted by Crippen LogP contribution is -2.32. The van der Waals surface area contributed by atoms with Gasteiger partial charge in [-0.25, -0.2) is 0 Å². The van der Waals surface area contributed by atoms with Crippen LogP contribution in [-0.2, 0) is 0 Å². The second-order valence-corrected chi connectivity index (χ2v) is 3.34. The number of fused-ring (bicyclic) bond motifs is 1. The molecule has 15 heavy (non-hydrogen) atoms. The van der Waals surface area contributed by atoms with Crippen LogP contribution in [0.15, 0.2) is 18.2 Å². The number of likely N-dealkylation sites (N-methyl/N-ethyl adjacent to an activating group) is 1. The number of hydrogen-bond acceptors (Lipinski definition) is 4. The van der Waals surface area contributed by atoms with Crippen LogP contribution in [0.2, 0.25) is 0 Å². The maximum Gasteiger partial charge on any atom is 0.273 e. The van der Waals surface area contributed by atoms with Crippen molar-refractivity contribution in [2.24, 2.45) is 0 Å². The second kappa shape index (κ2) is 3.76. The van der Waals surface area contributed by atoms with Crippen molar-refractivity contribution in [3.8, 4) is 5.75 Å². The van der Waals surface area contributed by atoms with Gasteiger partial charge in [-0.05, 0) is 13.0 Å². The third-order valence-corrected chi connectivity index (χ3v) is 2.50. The van der Waals surface area contributed by atoms with Gasteiger partial charge in [0.2, 0.25) is 0 Å². The Morgan fingerprint density at radius 2 is 2.40 bits per heavy atom. The van der Waals surface area contributed by atoms with Gasteiger partial charge >= 0.3 is 0 Å². The highest BCUT2D eigenvalue weighted by Gasteiger charge is 2.19. The molecule has 0 bridgehead atoms. The van der Waals surface area contributed by atoms with Crippen LogP contribution in [0.25, 0.3) is 0 Å². The molecule has 2 rings (SSSR count). The third kappa shape index (κ3) is 1.72. The van der Waals surface area contributed by atoms with Gasteiger partial charge in [0.15, 0.2) is 0 Å². The SMILES string of the molecule is CCN1CCOc2cc([N+](=O)[O-])ccc21. The van der Waals surface area contributed by atoms with Gasteiger partial charge in [-0.1, -0.05) is 0 Å². The molecular weight excluding hydrogens is 196 g/mol. The highest BCUT2D eigenvalue weighted by Crippen LogP contribution is 2.34. The maximum absolute atomic E-state index is 10.6. The second-order valence-electron chi connectivity index (χ2n) is 3.34. The summed E-state index contributed by atoms with van der Waals surface area (Å²) in [6.45, 7) is 4.36. The first-order valence-electron chi connectivity index (χ1n) is 4.88. The van der Waals surface area contributed by atoms with Crippen molar-refractivity contribution in [2.75, 3.05) is 24.6 Å². The molecule has 0 saturated carbocycles. The van der Waals surface area contributed by atoms with E-state index in [9.17, 15) is 10.1 Å². The van der Waals surface area contributed by atoms with E-state index in [0.29, 0.717) is 12.4 Å². The molecule has 0 unspecified atom stereocenters. The molecule has 0 aromatic heterocycles. The zero-order valence-electron chi connectivity index (χ0n) is 8.47. The molecule has 1 heterocycles. The van der Waals surface area contributed by atoms with Crippen molar-refractivity contribution in [1.29, 1.82) is 0 Å². The Bertz CT molecular complexity index is 392. The molecule has 0 amide bonds. The summed E-state index contributed by atoms with van der Waals surface area (Å²) in [5.74, 6) is 0.609. The number of anilines is 1. The van der Waals surface area contributed by atoms with E-state index in [1.165, 1.54) is 12.1 Å². The number of ether oxygens (including phenoxy) is 1. The van der Waals surface area contributed by atoms with E-state index in [1.54, 1.807) is 6.07 Å². The molecule has 0 N–H and O–H groups in total. The summed E-state index contributed by atoms with van der Waals surface area (Å²) in [7, 11) is 0. The van der Waals surface area contributed by atoms with E-state index >= 15 is 0 Å². The largest absolute Gasteiger partial charge is 0.489 e. The summed E-state index contributed by atoms with van der Waals surface area (Å²) >= 11 is 0. The standard InChI is InChI=1S/C10H12N2O3/c1-2-11-5-6-15-10-7-8(12(13)14)3-4-9(10)11/h3-4,7H,2,5-6H2,1H3. The van der Waals surface area contributed by atoms with Crippen LogP contribution >= 0.6 is 0 Å². The fraction of sp³-hybridized carbons (Fsp3) is 0.400. The first kappa shape index (κ1) is 9.76. The highest BCUT2D eigenvalue weighted by molar-refractivity contribution is 5.63. The van der Waals surface area contributed by atoms with Crippen molar-refractivity contribution in [3.63, 3.8) is 0 Å². The monoisotopic (exact) mass is 208 g/mol. The minimum Gasteiger partial charge on any atom is -0.489 e. The molecule has 1 aromatic rings. The van der Waals surface area contributed by atoms with Gasteiger partial charge < -0.3 is 9.64 Å².